The number of fused-ring (bicyclic) bond motifs is 1. The van der Waals surface area contributed by atoms with Crippen LogP contribution in [0.2, 0.25) is 0 Å². The van der Waals surface area contributed by atoms with Gasteiger partial charge in [0, 0.05) is 12.2 Å². The van der Waals surface area contributed by atoms with E-state index >= 15 is 0 Å². The van der Waals surface area contributed by atoms with E-state index in [1.165, 1.54) is 0 Å². The van der Waals surface area contributed by atoms with E-state index in [0.29, 0.717) is 17.6 Å². The van der Waals surface area contributed by atoms with Gasteiger partial charge in [-0.15, -0.1) is 5.10 Å². The third-order valence-corrected chi connectivity index (χ3v) is 4.55. The standard InChI is InChI=1S/C14H17F3N6O2S/c15-14(16,17)3-6-26-13-19-11(18)10-12(20-13)23(22-21-10)8-1-2-9(7-8)25-5-4-24/h1-2,8-9,24H,3-7H2,(H2,18,19,20)/t8?,9-/m1/s1. The largest absolute Gasteiger partial charge is 0.394 e. The summed E-state index contributed by atoms with van der Waals surface area (Å²) in [5.41, 5.74) is 6.52. The highest BCUT2D eigenvalue weighted by molar-refractivity contribution is 7.99. The monoisotopic (exact) mass is 390 g/mol. The van der Waals surface area contributed by atoms with Gasteiger partial charge < -0.3 is 15.6 Å². The summed E-state index contributed by atoms with van der Waals surface area (Å²) >= 11 is 0.881. The Labute approximate surface area is 150 Å². The number of aliphatic hydroxyl groups excluding tert-OH is 1. The van der Waals surface area contributed by atoms with Gasteiger partial charge in [-0.05, 0) is 0 Å². The Hall–Kier alpha value is -1.92. The number of nitrogen functional groups attached to an aromatic ring is 1. The van der Waals surface area contributed by atoms with Gasteiger partial charge in [-0.25, -0.2) is 14.6 Å². The van der Waals surface area contributed by atoms with Gasteiger partial charge in [0.15, 0.2) is 22.1 Å². The first-order valence-corrected chi connectivity index (χ1v) is 8.84. The van der Waals surface area contributed by atoms with Crippen molar-refractivity contribution in [2.24, 2.45) is 0 Å². The lowest BCUT2D eigenvalue weighted by Crippen LogP contribution is -2.15. The van der Waals surface area contributed by atoms with Crippen LogP contribution in [0.4, 0.5) is 19.0 Å². The molecule has 0 radical (unpaired) electrons. The van der Waals surface area contributed by atoms with E-state index in [1.54, 1.807) is 4.68 Å². The van der Waals surface area contributed by atoms with E-state index in [9.17, 15) is 13.2 Å². The molecule has 1 aliphatic carbocycles. The average Bonchev–Trinajstić information content (AvgIpc) is 3.18. The van der Waals surface area contributed by atoms with Crippen LogP contribution in [-0.4, -0.2) is 61.3 Å². The maximum Gasteiger partial charge on any atom is 0.389 e. The summed E-state index contributed by atoms with van der Waals surface area (Å²) in [7, 11) is 0. The molecule has 0 amide bonds. The molecule has 0 aliphatic heterocycles. The summed E-state index contributed by atoms with van der Waals surface area (Å²) in [5, 5.41) is 17.0. The highest BCUT2D eigenvalue weighted by atomic mass is 32.2. The van der Waals surface area contributed by atoms with Crippen molar-refractivity contribution < 1.29 is 23.0 Å². The van der Waals surface area contributed by atoms with E-state index in [2.05, 4.69) is 20.3 Å². The van der Waals surface area contributed by atoms with Gasteiger partial charge in [0.1, 0.15) is 0 Å². The minimum absolute atomic E-state index is 0.0659. The fraction of sp³-hybridized carbons (Fsp3) is 0.571. The Morgan fingerprint density at radius 1 is 1.35 bits per heavy atom. The zero-order valence-corrected chi connectivity index (χ0v) is 14.4. The topological polar surface area (TPSA) is 112 Å². The molecule has 2 heterocycles. The third kappa shape index (κ3) is 4.43. The van der Waals surface area contributed by atoms with Crippen molar-refractivity contribution in [1.29, 1.82) is 0 Å². The molecule has 12 heteroatoms. The summed E-state index contributed by atoms with van der Waals surface area (Å²) < 4.78 is 43.9. The molecular formula is C14H17F3N6O2S. The number of nitrogens with zero attached hydrogens (tertiary/aromatic N) is 5. The Kier molecular flexibility index (Phi) is 5.63. The Morgan fingerprint density at radius 2 is 2.15 bits per heavy atom. The minimum atomic E-state index is -4.23. The number of anilines is 1. The van der Waals surface area contributed by atoms with Gasteiger partial charge in [0.25, 0.3) is 0 Å². The van der Waals surface area contributed by atoms with Gasteiger partial charge in [-0.1, -0.05) is 29.1 Å². The van der Waals surface area contributed by atoms with Crippen LogP contribution in [-0.2, 0) is 4.74 Å². The minimum Gasteiger partial charge on any atom is -0.394 e. The highest BCUT2D eigenvalue weighted by Crippen LogP contribution is 2.30. The molecular weight excluding hydrogens is 373 g/mol. The first-order valence-electron chi connectivity index (χ1n) is 7.86. The number of rotatable bonds is 7. The summed E-state index contributed by atoms with van der Waals surface area (Å²) in [4.78, 5) is 8.27. The highest BCUT2D eigenvalue weighted by Gasteiger charge is 2.27. The number of nitrogens with two attached hydrogens (primary N) is 1. The van der Waals surface area contributed by atoms with Gasteiger partial charge in [0.05, 0.1) is 31.8 Å². The normalized spacial score (nSPS) is 20.3. The number of ether oxygens (including phenoxy) is 1. The molecule has 1 aliphatic rings. The van der Waals surface area contributed by atoms with Gasteiger partial charge in [-0.2, -0.15) is 13.2 Å². The van der Waals surface area contributed by atoms with Crippen LogP contribution in [0.15, 0.2) is 17.3 Å². The summed E-state index contributed by atoms with van der Waals surface area (Å²) in [6, 6.07) is -0.175. The molecule has 0 bridgehead atoms. The Balaban J connectivity index is 1.77. The van der Waals surface area contributed by atoms with E-state index < -0.39 is 12.6 Å². The molecule has 1 unspecified atom stereocenters. The van der Waals surface area contributed by atoms with Crippen LogP contribution in [0.25, 0.3) is 11.2 Å². The molecule has 2 aromatic rings. The second-order valence-corrected chi connectivity index (χ2v) is 6.69. The Morgan fingerprint density at radius 3 is 2.88 bits per heavy atom. The van der Waals surface area contributed by atoms with Crippen LogP contribution < -0.4 is 5.73 Å². The maximum atomic E-state index is 12.3. The van der Waals surface area contributed by atoms with Crippen molar-refractivity contribution >= 4 is 28.7 Å². The molecule has 0 saturated heterocycles. The number of hydrogen-bond acceptors (Lipinski definition) is 8. The van der Waals surface area contributed by atoms with Gasteiger partial charge >= 0.3 is 6.18 Å². The molecule has 26 heavy (non-hydrogen) atoms. The number of aromatic nitrogens is 5. The zero-order chi connectivity index (χ0) is 18.7. The van der Waals surface area contributed by atoms with Crippen molar-refractivity contribution in [1.82, 2.24) is 25.0 Å². The lowest BCUT2D eigenvalue weighted by Gasteiger charge is -2.13. The van der Waals surface area contributed by atoms with Crippen molar-refractivity contribution in [2.75, 3.05) is 24.7 Å². The molecule has 0 fully saturated rings. The van der Waals surface area contributed by atoms with E-state index in [4.69, 9.17) is 15.6 Å². The average molecular weight is 390 g/mol. The number of allylic oxidation sites excluding steroid dienone is 1. The van der Waals surface area contributed by atoms with Crippen LogP contribution in [0.3, 0.4) is 0 Å². The smallest absolute Gasteiger partial charge is 0.389 e. The molecule has 0 saturated carbocycles. The van der Waals surface area contributed by atoms with Gasteiger partial charge in [0.2, 0.25) is 0 Å². The summed E-state index contributed by atoms with van der Waals surface area (Å²) in [5.74, 6) is -0.123. The van der Waals surface area contributed by atoms with E-state index in [0.717, 1.165) is 11.8 Å². The lowest BCUT2D eigenvalue weighted by molar-refractivity contribution is -0.129. The predicted molar refractivity (Wildman–Crippen MR) is 88.5 cm³/mol. The fourth-order valence-corrected chi connectivity index (χ4v) is 3.36. The first-order chi connectivity index (χ1) is 12.4. The number of hydrogen-bond donors (Lipinski definition) is 2. The number of thioether (sulfide) groups is 1. The molecule has 8 nitrogen and oxygen atoms in total. The van der Waals surface area contributed by atoms with E-state index in [-0.39, 0.29) is 42.1 Å². The zero-order valence-electron chi connectivity index (χ0n) is 13.6. The summed E-state index contributed by atoms with van der Waals surface area (Å²) in [6.45, 7) is 0.165. The van der Waals surface area contributed by atoms with E-state index in [1.807, 2.05) is 12.2 Å². The van der Waals surface area contributed by atoms with Crippen molar-refractivity contribution in [2.45, 2.75) is 36.3 Å². The molecule has 3 N–H and O–H groups in total. The van der Waals surface area contributed by atoms with Crippen molar-refractivity contribution in [3.63, 3.8) is 0 Å². The summed E-state index contributed by atoms with van der Waals surface area (Å²) in [6.07, 6.45) is -1.01. The number of alkyl halides is 3. The molecule has 0 spiro atoms. The second-order valence-electron chi connectivity index (χ2n) is 5.63. The second kappa shape index (κ2) is 7.76. The molecule has 2 atom stereocenters. The quantitative estimate of drug-likeness (QED) is 0.418. The number of aliphatic hydroxyl groups is 1. The molecule has 2 aromatic heterocycles. The fourth-order valence-electron chi connectivity index (χ4n) is 2.53. The predicted octanol–water partition coefficient (Wildman–Crippen LogP) is 1.73. The SMILES string of the molecule is Nc1nc(SCCC(F)(F)F)nc2c1nnn2C1C=C[C@@H](OCCO)C1. The molecule has 0 aromatic carbocycles. The van der Waals surface area contributed by atoms with Gasteiger partial charge in [-0.3, -0.25) is 0 Å². The van der Waals surface area contributed by atoms with Crippen LogP contribution >= 0.6 is 11.8 Å². The Bertz CT molecular complexity index is 797. The lowest BCUT2D eigenvalue weighted by atomic mass is 10.2. The first kappa shape index (κ1) is 18.9. The molecule has 142 valence electrons. The van der Waals surface area contributed by atoms with Crippen LogP contribution in [0, 0.1) is 0 Å². The van der Waals surface area contributed by atoms with Crippen molar-refractivity contribution in [3.05, 3.63) is 12.2 Å². The molecule has 3 rings (SSSR count). The third-order valence-electron chi connectivity index (χ3n) is 3.71. The van der Waals surface area contributed by atoms with Crippen LogP contribution in [0.5, 0.6) is 0 Å². The van der Waals surface area contributed by atoms with Crippen LogP contribution in [0.1, 0.15) is 18.9 Å². The number of halogens is 3. The maximum absolute atomic E-state index is 12.3. The van der Waals surface area contributed by atoms with Crippen molar-refractivity contribution in [3.8, 4) is 0 Å².